The van der Waals surface area contributed by atoms with Crippen LogP contribution in [0.2, 0.25) is 0 Å². The van der Waals surface area contributed by atoms with Gasteiger partial charge in [0, 0.05) is 19.3 Å². The Hall–Kier alpha value is -4.38. The molecule has 2 N–H and O–H groups in total. The number of unbranched alkanes of at least 4 members (excludes halogenated alkanes) is 13. The lowest BCUT2D eigenvalue weighted by Gasteiger charge is -2.21. The van der Waals surface area contributed by atoms with Crippen LogP contribution in [0.15, 0.2) is 134 Å². The number of esters is 3. The van der Waals surface area contributed by atoms with Crippen LogP contribution in [-0.4, -0.2) is 66.5 Å². The van der Waals surface area contributed by atoms with Crippen LogP contribution in [0.1, 0.15) is 213 Å². The Labute approximate surface area is 461 Å². The van der Waals surface area contributed by atoms with Gasteiger partial charge in [-0.25, -0.2) is 4.57 Å². The summed E-state index contributed by atoms with van der Waals surface area (Å²) in [6.45, 7) is 4.18. The average molecular weight is 1080 g/mol. The molecule has 430 valence electrons. The van der Waals surface area contributed by atoms with Crippen LogP contribution in [0.5, 0.6) is 0 Å². The Bertz CT molecular complexity index is 1780. The fraction of sp³-hybridized carbons (Fsp3) is 0.609. The Morgan fingerprint density at radius 2 is 0.671 bits per heavy atom. The third-order valence-corrected chi connectivity index (χ3v) is 12.5. The second-order valence-corrected chi connectivity index (χ2v) is 20.1. The maximum absolute atomic E-state index is 12.9. The van der Waals surface area contributed by atoms with Crippen molar-refractivity contribution in [3.8, 4) is 0 Å². The smallest absolute Gasteiger partial charge is 0.462 e. The van der Waals surface area contributed by atoms with Crippen LogP contribution >= 0.6 is 7.82 Å². The summed E-state index contributed by atoms with van der Waals surface area (Å²) < 4.78 is 39.4. The molecule has 76 heavy (non-hydrogen) atoms. The number of hydrogen-bond acceptors (Lipinski definition) is 10. The van der Waals surface area contributed by atoms with E-state index in [0.717, 1.165) is 154 Å². The van der Waals surface area contributed by atoms with Gasteiger partial charge >= 0.3 is 25.7 Å². The minimum Gasteiger partial charge on any atom is -0.462 e. The average Bonchev–Trinajstić information content (AvgIpc) is 3.41. The van der Waals surface area contributed by atoms with Crippen molar-refractivity contribution in [1.29, 1.82) is 0 Å². The summed E-state index contributed by atoms with van der Waals surface area (Å²) in [6, 6.07) is 0. The quantitative estimate of drug-likeness (QED) is 0.0197. The van der Waals surface area contributed by atoms with Crippen LogP contribution in [0, 0.1) is 0 Å². The van der Waals surface area contributed by atoms with Crippen molar-refractivity contribution < 1.29 is 52.2 Å². The van der Waals surface area contributed by atoms with E-state index in [2.05, 4.69) is 136 Å². The number of allylic oxidation sites excluding steroid dienone is 22. The Kier molecular flexibility index (Phi) is 53.5. The Morgan fingerprint density at radius 1 is 0.368 bits per heavy atom. The fourth-order valence-electron chi connectivity index (χ4n) is 7.26. The first-order valence-corrected chi connectivity index (χ1v) is 30.6. The lowest BCUT2D eigenvalue weighted by molar-refractivity contribution is -0.161. The minimum atomic E-state index is -4.78. The number of aliphatic hydroxyl groups is 1. The highest BCUT2D eigenvalue weighted by molar-refractivity contribution is 7.47. The highest BCUT2D eigenvalue weighted by Gasteiger charge is 2.28. The number of phosphoric acid groups is 1. The van der Waals surface area contributed by atoms with Gasteiger partial charge in [-0.15, -0.1) is 0 Å². The van der Waals surface area contributed by atoms with Crippen LogP contribution in [0.25, 0.3) is 0 Å². The third-order valence-electron chi connectivity index (χ3n) is 11.6. The van der Waals surface area contributed by atoms with Crippen molar-refractivity contribution in [2.75, 3.05) is 26.4 Å². The molecule has 0 heterocycles. The van der Waals surface area contributed by atoms with Gasteiger partial charge in [-0.3, -0.25) is 23.4 Å². The summed E-state index contributed by atoms with van der Waals surface area (Å²) in [7, 11) is -4.78. The molecule has 3 atom stereocenters. The van der Waals surface area contributed by atoms with Crippen molar-refractivity contribution in [2.45, 2.75) is 226 Å². The van der Waals surface area contributed by atoms with E-state index in [-0.39, 0.29) is 25.9 Å². The first kappa shape index (κ1) is 71.6. The van der Waals surface area contributed by atoms with E-state index in [0.29, 0.717) is 19.3 Å². The van der Waals surface area contributed by atoms with E-state index in [9.17, 15) is 28.9 Å². The van der Waals surface area contributed by atoms with Crippen molar-refractivity contribution in [1.82, 2.24) is 0 Å². The van der Waals surface area contributed by atoms with Crippen LogP contribution in [-0.2, 0) is 42.2 Å². The zero-order valence-corrected chi connectivity index (χ0v) is 48.3. The summed E-state index contributed by atoms with van der Waals surface area (Å²) in [4.78, 5) is 48.5. The molecule has 12 heteroatoms. The van der Waals surface area contributed by atoms with E-state index >= 15 is 0 Å². The normalized spacial score (nSPS) is 14.3. The van der Waals surface area contributed by atoms with Gasteiger partial charge in [0.25, 0.3) is 0 Å². The predicted octanol–water partition coefficient (Wildman–Crippen LogP) is 17.4. The molecular formula is C64H103O11P. The number of ether oxygens (including phenoxy) is 3. The van der Waals surface area contributed by atoms with Gasteiger partial charge < -0.3 is 24.2 Å². The van der Waals surface area contributed by atoms with Crippen LogP contribution in [0.4, 0.5) is 0 Å². The second-order valence-electron chi connectivity index (χ2n) is 18.7. The molecule has 0 aromatic heterocycles. The van der Waals surface area contributed by atoms with E-state index < -0.39 is 57.8 Å². The van der Waals surface area contributed by atoms with E-state index in [1.807, 2.05) is 18.2 Å². The van der Waals surface area contributed by atoms with Gasteiger partial charge in [0.2, 0.25) is 0 Å². The van der Waals surface area contributed by atoms with Crippen molar-refractivity contribution in [3.05, 3.63) is 134 Å². The van der Waals surface area contributed by atoms with Gasteiger partial charge in [-0.05, 0) is 116 Å². The van der Waals surface area contributed by atoms with Gasteiger partial charge in [0.1, 0.15) is 12.7 Å². The molecule has 0 spiro atoms. The number of carbonyl (C=O) groups is 3. The van der Waals surface area contributed by atoms with E-state index in [1.54, 1.807) is 0 Å². The summed E-state index contributed by atoms with van der Waals surface area (Å²) in [5.41, 5.74) is 0. The molecule has 0 bridgehead atoms. The predicted molar refractivity (Wildman–Crippen MR) is 316 cm³/mol. The molecule has 0 aliphatic heterocycles. The summed E-state index contributed by atoms with van der Waals surface area (Å²) in [5.74, 6) is -1.59. The van der Waals surface area contributed by atoms with E-state index in [1.165, 1.54) is 0 Å². The summed E-state index contributed by atoms with van der Waals surface area (Å²) in [5, 5.41) is 9.80. The van der Waals surface area contributed by atoms with Crippen molar-refractivity contribution in [3.63, 3.8) is 0 Å². The van der Waals surface area contributed by atoms with Gasteiger partial charge in [0.05, 0.1) is 19.8 Å². The molecule has 0 aromatic carbocycles. The molecule has 0 aliphatic rings. The first-order valence-electron chi connectivity index (χ1n) is 29.1. The molecule has 0 fully saturated rings. The highest BCUT2D eigenvalue weighted by Crippen LogP contribution is 2.43. The molecular weight excluding hydrogens is 976 g/mol. The van der Waals surface area contributed by atoms with Gasteiger partial charge in [0.15, 0.2) is 6.10 Å². The van der Waals surface area contributed by atoms with Crippen LogP contribution in [0.3, 0.4) is 0 Å². The largest absolute Gasteiger partial charge is 0.472 e. The Morgan fingerprint density at radius 3 is 1.07 bits per heavy atom. The van der Waals surface area contributed by atoms with Crippen molar-refractivity contribution >= 4 is 25.7 Å². The maximum Gasteiger partial charge on any atom is 0.472 e. The molecule has 11 nitrogen and oxygen atoms in total. The zero-order chi connectivity index (χ0) is 55.5. The maximum atomic E-state index is 12.9. The SMILES string of the molecule is CC/C=C\C/C=C\C/C=C\C/C=C\CCCCCCCCC(=O)OCC(COP(=O)(O)OCC(CO)OC(=O)CC/C=C\C/C=C\C/C=C\C/C=C\CC)OC(=O)CCCCCCCCC/C=C\C/C=C\C/C=C\CC. The lowest BCUT2D eigenvalue weighted by Crippen LogP contribution is -2.30. The summed E-state index contributed by atoms with van der Waals surface area (Å²) in [6.07, 6.45) is 71.4. The molecule has 0 radical (unpaired) electrons. The summed E-state index contributed by atoms with van der Waals surface area (Å²) >= 11 is 0. The topological polar surface area (TPSA) is 155 Å². The number of phosphoric ester groups is 1. The van der Waals surface area contributed by atoms with Gasteiger partial charge in [-0.1, -0.05) is 212 Å². The monoisotopic (exact) mass is 1080 g/mol. The van der Waals surface area contributed by atoms with Crippen LogP contribution < -0.4 is 0 Å². The second kappa shape index (κ2) is 56.8. The third kappa shape index (κ3) is 54.4. The first-order chi connectivity index (χ1) is 37.2. The minimum absolute atomic E-state index is 0.0478. The molecule has 0 saturated carbocycles. The number of carbonyl (C=O) groups excluding carboxylic acids is 3. The number of rotatable bonds is 52. The highest BCUT2D eigenvalue weighted by atomic mass is 31.2. The zero-order valence-electron chi connectivity index (χ0n) is 47.4. The Balaban J connectivity index is 4.84. The molecule has 0 rings (SSSR count). The number of hydrogen-bond donors (Lipinski definition) is 2. The van der Waals surface area contributed by atoms with Crippen molar-refractivity contribution in [2.24, 2.45) is 0 Å². The standard InChI is InChI=1S/C64H103O11P/c1-4-7-10-13-16-19-22-25-27-29-30-32-33-36-38-41-44-47-50-53-62(66)71-57-61(75-64(68)55-52-49-46-43-40-37-34-31-28-26-23-20-17-14-11-8-5-2)59-73-76(69,70)72-58-60(56-65)74-63(67)54-51-48-45-42-39-35-24-21-18-15-12-9-6-3/h7-12,16-21,25-28,30,32,35,39,45,48,60-61,65H,4-6,13-15,22-24,29,31,33-34,36-38,40-44,46-47,49-59H2,1-3H3,(H,69,70)/b10-7-,11-8-,12-9-,19-16-,20-17-,21-18-,27-25-,28-26-,32-30-,39-35-,48-45-. The molecule has 0 aliphatic carbocycles. The molecule has 0 saturated heterocycles. The lowest BCUT2D eigenvalue weighted by atomic mass is 10.1. The molecule has 3 unspecified atom stereocenters. The number of aliphatic hydroxyl groups excluding tert-OH is 1. The molecule has 0 amide bonds. The molecule has 0 aromatic rings. The van der Waals surface area contributed by atoms with Gasteiger partial charge in [-0.2, -0.15) is 0 Å². The fourth-order valence-corrected chi connectivity index (χ4v) is 8.04. The van der Waals surface area contributed by atoms with E-state index in [4.69, 9.17) is 23.3 Å².